The van der Waals surface area contributed by atoms with Crippen molar-refractivity contribution in [2.24, 2.45) is 5.92 Å². The van der Waals surface area contributed by atoms with Gasteiger partial charge in [0.1, 0.15) is 17.3 Å². The lowest BCUT2D eigenvalue weighted by molar-refractivity contribution is 0.0762. The lowest BCUT2D eigenvalue weighted by Crippen LogP contribution is -2.60. The number of likely N-dealkylation sites (tertiary alicyclic amines) is 1. The van der Waals surface area contributed by atoms with Crippen molar-refractivity contribution in [1.82, 2.24) is 15.2 Å². The number of fused-ring (bicyclic) bond motifs is 1. The normalized spacial score (nSPS) is 21.2. The second-order valence-corrected chi connectivity index (χ2v) is 8.33. The average molecular weight is 428 g/mol. The second kappa shape index (κ2) is 7.97. The number of carbonyl (C=O) groups is 1. The number of hydrogen-bond donors (Lipinski definition) is 1. The number of aromatic nitrogens is 1. The molecule has 5 rings (SSSR count). The van der Waals surface area contributed by atoms with Crippen molar-refractivity contribution in [2.75, 3.05) is 13.1 Å². The largest absolute Gasteiger partial charge is 0.457 e. The molecule has 2 heterocycles. The molecule has 0 radical (unpaired) electrons. The van der Waals surface area contributed by atoms with E-state index in [9.17, 15) is 14.4 Å². The molecule has 7 heteroatoms. The molecule has 1 unspecified atom stereocenters. The number of nitrogens with zero attached hydrogens (tertiary/aromatic N) is 3. The van der Waals surface area contributed by atoms with Gasteiger partial charge in [-0.15, -0.1) is 0 Å². The predicted molar refractivity (Wildman–Crippen MR) is 116 cm³/mol. The number of ether oxygens (including phenoxy) is 1. The van der Waals surface area contributed by atoms with Crippen molar-refractivity contribution in [3.8, 4) is 28.8 Å². The smallest absolute Gasteiger partial charge is 0.251 e. The summed E-state index contributed by atoms with van der Waals surface area (Å²) < 4.78 is 19.1. The van der Waals surface area contributed by atoms with Crippen molar-refractivity contribution in [1.29, 1.82) is 5.26 Å². The molecule has 160 valence electrons. The zero-order chi connectivity index (χ0) is 22.1. The van der Waals surface area contributed by atoms with Gasteiger partial charge in [-0.05, 0) is 60.9 Å². The maximum atomic E-state index is 13.2. The van der Waals surface area contributed by atoms with Gasteiger partial charge in [0.15, 0.2) is 6.19 Å². The highest BCUT2D eigenvalue weighted by Crippen LogP contribution is 2.44. The third kappa shape index (κ3) is 3.65. The number of hydrogen-bond acceptors (Lipinski definition) is 5. The highest BCUT2D eigenvalue weighted by molar-refractivity contribution is 5.95. The molecule has 1 aliphatic heterocycles. The molecule has 6 nitrogen and oxygen atoms in total. The van der Waals surface area contributed by atoms with Gasteiger partial charge in [0, 0.05) is 36.0 Å². The van der Waals surface area contributed by atoms with Crippen molar-refractivity contribution >= 4 is 5.91 Å². The molecular formula is C25H21FN4O2. The molecule has 1 N–H and O–H groups in total. The van der Waals surface area contributed by atoms with E-state index in [-0.39, 0.29) is 17.3 Å². The molecule has 1 amide bonds. The van der Waals surface area contributed by atoms with Gasteiger partial charge in [0.25, 0.3) is 5.91 Å². The summed E-state index contributed by atoms with van der Waals surface area (Å²) in [5.74, 6) is 0.989. The molecule has 3 aromatic rings. The molecule has 0 bridgehead atoms. The van der Waals surface area contributed by atoms with Crippen molar-refractivity contribution in [2.45, 2.75) is 18.4 Å². The molecule has 1 saturated carbocycles. The van der Waals surface area contributed by atoms with Crippen LogP contribution in [0.15, 0.2) is 67.0 Å². The molecule has 1 aliphatic carbocycles. The fourth-order valence-corrected chi connectivity index (χ4v) is 4.54. The first-order valence-electron chi connectivity index (χ1n) is 10.5. The predicted octanol–water partition coefficient (Wildman–Crippen LogP) is 4.36. The summed E-state index contributed by atoms with van der Waals surface area (Å²) in [5, 5.41) is 12.4. The first-order chi connectivity index (χ1) is 15.6. The minimum absolute atomic E-state index is 0.130. The molecule has 2 aromatic carbocycles. The summed E-state index contributed by atoms with van der Waals surface area (Å²) in [4.78, 5) is 18.8. The van der Waals surface area contributed by atoms with E-state index in [1.807, 2.05) is 12.1 Å². The maximum Gasteiger partial charge on any atom is 0.251 e. The van der Waals surface area contributed by atoms with Gasteiger partial charge in [0.05, 0.1) is 12.1 Å². The summed E-state index contributed by atoms with van der Waals surface area (Å²) in [6.07, 6.45) is 7.46. The third-order valence-corrected chi connectivity index (χ3v) is 6.42. The van der Waals surface area contributed by atoms with E-state index < -0.39 is 0 Å². The monoisotopic (exact) mass is 428 g/mol. The number of nitriles is 1. The van der Waals surface area contributed by atoms with Gasteiger partial charge in [-0.3, -0.25) is 9.78 Å². The highest BCUT2D eigenvalue weighted by Gasteiger charge is 2.54. The van der Waals surface area contributed by atoms with Crippen molar-refractivity contribution in [3.63, 3.8) is 0 Å². The minimum Gasteiger partial charge on any atom is -0.457 e. The topological polar surface area (TPSA) is 78.3 Å². The summed E-state index contributed by atoms with van der Waals surface area (Å²) in [5.41, 5.74) is 1.89. The van der Waals surface area contributed by atoms with Crippen LogP contribution in [0.5, 0.6) is 11.5 Å². The van der Waals surface area contributed by atoms with Gasteiger partial charge in [0.2, 0.25) is 0 Å². The van der Waals surface area contributed by atoms with Crippen LogP contribution in [0, 0.1) is 23.2 Å². The van der Waals surface area contributed by atoms with Crippen LogP contribution in [0.4, 0.5) is 4.39 Å². The first kappa shape index (κ1) is 20.0. The maximum absolute atomic E-state index is 13.2. The minimum atomic E-state index is -0.327. The molecule has 0 spiro atoms. The number of pyridine rings is 1. The van der Waals surface area contributed by atoms with Gasteiger partial charge in [-0.2, -0.15) is 5.26 Å². The zero-order valence-electron chi connectivity index (χ0n) is 17.3. The first-order valence-corrected chi connectivity index (χ1v) is 10.5. The van der Waals surface area contributed by atoms with Gasteiger partial charge in [-0.25, -0.2) is 4.39 Å². The summed E-state index contributed by atoms with van der Waals surface area (Å²) in [7, 11) is 0. The van der Waals surface area contributed by atoms with E-state index in [1.165, 1.54) is 12.1 Å². The Hall–Kier alpha value is -3.92. The van der Waals surface area contributed by atoms with E-state index in [1.54, 1.807) is 47.6 Å². The Kier molecular flexibility index (Phi) is 4.98. The number of amides is 1. The number of nitrogens with one attached hydrogen (secondary N) is 1. The number of halogens is 1. The van der Waals surface area contributed by atoms with Crippen LogP contribution >= 0.6 is 0 Å². The molecule has 2 aliphatic rings. The van der Waals surface area contributed by atoms with Crippen molar-refractivity contribution in [3.05, 3.63) is 78.4 Å². The summed E-state index contributed by atoms with van der Waals surface area (Å²) in [6.45, 7) is 1.30. The Morgan fingerprint density at radius 1 is 1.19 bits per heavy atom. The van der Waals surface area contributed by atoms with Crippen molar-refractivity contribution < 1.29 is 13.9 Å². The summed E-state index contributed by atoms with van der Waals surface area (Å²) >= 11 is 0. The van der Waals surface area contributed by atoms with Crippen LogP contribution in [0.3, 0.4) is 0 Å². The molecule has 1 aromatic heterocycles. The number of rotatable bonds is 5. The van der Waals surface area contributed by atoms with E-state index in [0.717, 1.165) is 24.0 Å². The van der Waals surface area contributed by atoms with Crippen LogP contribution < -0.4 is 10.1 Å². The Morgan fingerprint density at radius 2 is 1.97 bits per heavy atom. The van der Waals surface area contributed by atoms with Gasteiger partial charge >= 0.3 is 0 Å². The van der Waals surface area contributed by atoms with Crippen LogP contribution in [-0.2, 0) is 0 Å². The van der Waals surface area contributed by atoms with Crippen LogP contribution in [0.2, 0.25) is 0 Å². The van der Waals surface area contributed by atoms with Gasteiger partial charge in [-0.1, -0.05) is 12.1 Å². The van der Waals surface area contributed by atoms with Crippen LogP contribution in [0.25, 0.3) is 11.1 Å². The van der Waals surface area contributed by atoms with Gasteiger partial charge < -0.3 is 15.0 Å². The number of carbonyl (C=O) groups excluding carboxylic acids is 1. The van der Waals surface area contributed by atoms with Crippen LogP contribution in [0.1, 0.15) is 23.2 Å². The van der Waals surface area contributed by atoms with Crippen LogP contribution in [-0.4, -0.2) is 34.4 Å². The van der Waals surface area contributed by atoms with E-state index in [2.05, 4.69) is 16.5 Å². The fourth-order valence-electron chi connectivity index (χ4n) is 4.54. The lowest BCUT2D eigenvalue weighted by atomic mass is 9.69. The highest BCUT2D eigenvalue weighted by atomic mass is 19.1. The number of benzene rings is 2. The standard InChI is InChI=1S/C25H21FN4O2/c26-20-5-7-21(8-6-20)32-23-10-12-28-13-22(23)17-1-3-18(4-2-17)24(31)29-25-11-9-19(25)14-30(15-25)16-27/h1-8,10,12-13,19H,9,11,14-15H2,(H,29,31)/t19?,25-/m0/s1. The average Bonchev–Trinajstić information content (AvgIpc) is 3.05. The molecule has 1 saturated heterocycles. The Morgan fingerprint density at radius 3 is 2.66 bits per heavy atom. The lowest BCUT2D eigenvalue weighted by Gasteiger charge is -2.44. The van der Waals surface area contributed by atoms with E-state index in [0.29, 0.717) is 36.1 Å². The molecule has 2 fully saturated rings. The van der Waals surface area contributed by atoms with E-state index in [4.69, 9.17) is 4.74 Å². The molecule has 2 atom stereocenters. The van der Waals surface area contributed by atoms with E-state index >= 15 is 0 Å². The molecule has 32 heavy (non-hydrogen) atoms. The quantitative estimate of drug-likeness (QED) is 0.611. The summed E-state index contributed by atoms with van der Waals surface area (Å²) in [6, 6.07) is 14.8. The third-order valence-electron chi connectivity index (χ3n) is 6.42. The Labute approximate surface area is 185 Å². The molecular weight excluding hydrogens is 407 g/mol. The Bertz CT molecular complexity index is 1190. The fraction of sp³-hybridized carbons (Fsp3) is 0.240. The SMILES string of the molecule is N#CN1CC2CC[C@]2(NC(=O)c2ccc(-c3cnccc3Oc3ccc(F)cc3)cc2)C1. The zero-order valence-corrected chi connectivity index (χ0v) is 17.3. The second-order valence-electron chi connectivity index (χ2n) is 8.33. The Balaban J connectivity index is 1.33.